The second kappa shape index (κ2) is 3.47. The summed E-state index contributed by atoms with van der Waals surface area (Å²) < 4.78 is 0. The average molecular weight is 175 g/mol. The van der Waals surface area contributed by atoms with Crippen molar-refractivity contribution in [1.29, 1.82) is 0 Å². The Balaban J connectivity index is 2.17. The van der Waals surface area contributed by atoms with E-state index in [-0.39, 0.29) is 0 Å². The molecule has 3 nitrogen and oxygen atoms in total. The molecule has 68 valence electrons. The molecule has 13 heavy (non-hydrogen) atoms. The highest BCUT2D eigenvalue weighted by molar-refractivity contribution is 5.96. The van der Waals surface area contributed by atoms with Gasteiger partial charge in [0.1, 0.15) is 0 Å². The van der Waals surface area contributed by atoms with E-state index in [9.17, 15) is 0 Å². The number of aliphatic imine (C=N–C) groups is 1. The van der Waals surface area contributed by atoms with E-state index in [4.69, 9.17) is 0 Å². The van der Waals surface area contributed by atoms with E-state index in [1.165, 1.54) is 0 Å². The zero-order valence-corrected chi connectivity index (χ0v) is 7.70. The Morgan fingerprint density at radius 1 is 1.31 bits per heavy atom. The molecule has 0 radical (unpaired) electrons. The van der Waals surface area contributed by atoms with Gasteiger partial charge in [0, 0.05) is 19.3 Å². The van der Waals surface area contributed by atoms with Gasteiger partial charge in [0.2, 0.25) is 0 Å². The third-order valence-electron chi connectivity index (χ3n) is 2.12. The van der Waals surface area contributed by atoms with Crippen molar-refractivity contribution in [2.24, 2.45) is 4.99 Å². The number of hydrogen-bond acceptors (Lipinski definition) is 3. The maximum absolute atomic E-state index is 4.34. The molecular weight excluding hydrogens is 162 g/mol. The van der Waals surface area contributed by atoms with Crippen LogP contribution < -0.4 is 10.2 Å². The summed E-state index contributed by atoms with van der Waals surface area (Å²) in [5.74, 6) is 0.964. The minimum atomic E-state index is 0.881. The lowest BCUT2D eigenvalue weighted by Crippen LogP contribution is -2.35. The highest BCUT2D eigenvalue weighted by atomic mass is 15.3. The quantitative estimate of drug-likeness (QED) is 0.691. The van der Waals surface area contributed by atoms with Gasteiger partial charge in [-0.15, -0.1) is 0 Å². The van der Waals surface area contributed by atoms with Crippen LogP contribution >= 0.6 is 0 Å². The van der Waals surface area contributed by atoms with E-state index in [1.54, 1.807) is 0 Å². The first kappa shape index (κ1) is 8.10. The average Bonchev–Trinajstić information content (AvgIpc) is 2.71. The van der Waals surface area contributed by atoms with Crippen LogP contribution in [0.1, 0.15) is 0 Å². The molecule has 0 aromatic heterocycles. The summed E-state index contributed by atoms with van der Waals surface area (Å²) in [4.78, 5) is 6.41. The highest BCUT2D eigenvalue weighted by Crippen LogP contribution is 2.11. The topological polar surface area (TPSA) is 27.6 Å². The van der Waals surface area contributed by atoms with Crippen LogP contribution in [0.5, 0.6) is 0 Å². The van der Waals surface area contributed by atoms with Gasteiger partial charge in [-0.05, 0) is 12.1 Å². The van der Waals surface area contributed by atoms with E-state index < -0.39 is 0 Å². The Kier molecular flexibility index (Phi) is 2.17. The minimum Gasteiger partial charge on any atom is -0.354 e. The van der Waals surface area contributed by atoms with Gasteiger partial charge in [-0.3, -0.25) is 4.99 Å². The number of rotatable bonds is 1. The number of guanidine groups is 1. The Hall–Kier alpha value is -1.51. The lowest BCUT2D eigenvalue weighted by atomic mass is 10.3. The third kappa shape index (κ3) is 1.64. The van der Waals surface area contributed by atoms with Crippen molar-refractivity contribution < 1.29 is 0 Å². The van der Waals surface area contributed by atoms with Crippen molar-refractivity contribution in [2.45, 2.75) is 0 Å². The molecule has 0 amide bonds. The van der Waals surface area contributed by atoms with Crippen molar-refractivity contribution >= 4 is 11.6 Å². The van der Waals surface area contributed by atoms with Crippen molar-refractivity contribution in [3.05, 3.63) is 30.3 Å². The number of hydrogen-bond donors (Lipinski definition) is 1. The zero-order valence-electron chi connectivity index (χ0n) is 7.70. The molecule has 0 unspecified atom stereocenters. The summed E-state index contributed by atoms with van der Waals surface area (Å²) in [5.41, 5.74) is 1.16. The molecule has 1 aromatic carbocycles. The van der Waals surface area contributed by atoms with Crippen molar-refractivity contribution in [3.63, 3.8) is 0 Å². The highest BCUT2D eigenvalue weighted by Gasteiger charge is 2.10. The third-order valence-corrected chi connectivity index (χ3v) is 2.12. The largest absolute Gasteiger partial charge is 0.354 e. The molecule has 0 bridgehead atoms. The summed E-state index contributed by atoms with van der Waals surface area (Å²) >= 11 is 0. The fourth-order valence-corrected chi connectivity index (χ4v) is 1.38. The fourth-order valence-electron chi connectivity index (χ4n) is 1.38. The molecule has 0 fully saturated rings. The fraction of sp³-hybridized carbons (Fsp3) is 0.300. The Labute approximate surface area is 78.1 Å². The van der Waals surface area contributed by atoms with Crippen LogP contribution in [0.15, 0.2) is 35.3 Å². The maximum atomic E-state index is 4.34. The van der Waals surface area contributed by atoms with Gasteiger partial charge in [-0.25, -0.2) is 0 Å². The second-order valence-corrected chi connectivity index (χ2v) is 3.03. The van der Waals surface area contributed by atoms with E-state index in [2.05, 4.69) is 27.3 Å². The van der Waals surface area contributed by atoms with Crippen LogP contribution in [-0.4, -0.2) is 26.1 Å². The molecule has 1 aromatic rings. The summed E-state index contributed by atoms with van der Waals surface area (Å²) in [6.07, 6.45) is 0. The smallest absolute Gasteiger partial charge is 0.198 e. The Bertz CT molecular complexity index is 305. The molecule has 1 heterocycles. The van der Waals surface area contributed by atoms with E-state index >= 15 is 0 Å². The molecule has 2 rings (SSSR count). The maximum Gasteiger partial charge on any atom is 0.198 e. The summed E-state index contributed by atoms with van der Waals surface area (Å²) in [7, 11) is 2.02. The van der Waals surface area contributed by atoms with Gasteiger partial charge in [0.25, 0.3) is 0 Å². The van der Waals surface area contributed by atoms with Gasteiger partial charge in [-0.1, -0.05) is 18.2 Å². The van der Waals surface area contributed by atoms with Gasteiger partial charge >= 0.3 is 0 Å². The minimum absolute atomic E-state index is 0.881. The van der Waals surface area contributed by atoms with E-state index in [0.717, 1.165) is 24.7 Å². The molecule has 1 aliphatic heterocycles. The predicted molar refractivity (Wildman–Crippen MR) is 55.1 cm³/mol. The first-order chi connectivity index (χ1) is 6.38. The van der Waals surface area contributed by atoms with Crippen molar-refractivity contribution in [1.82, 2.24) is 5.32 Å². The van der Waals surface area contributed by atoms with Gasteiger partial charge in [-0.2, -0.15) is 0 Å². The van der Waals surface area contributed by atoms with Gasteiger partial charge in [0.05, 0.1) is 6.54 Å². The Morgan fingerprint density at radius 2 is 2.08 bits per heavy atom. The summed E-state index contributed by atoms with van der Waals surface area (Å²) in [6.45, 7) is 1.83. The summed E-state index contributed by atoms with van der Waals surface area (Å²) in [5, 5.41) is 3.23. The molecule has 0 atom stereocenters. The van der Waals surface area contributed by atoms with Crippen LogP contribution in [0.25, 0.3) is 0 Å². The van der Waals surface area contributed by atoms with Crippen LogP contribution in [0.3, 0.4) is 0 Å². The lowest BCUT2D eigenvalue weighted by Gasteiger charge is -2.18. The number of anilines is 1. The molecular formula is C10H13N3. The molecule has 1 aliphatic rings. The van der Waals surface area contributed by atoms with E-state index in [0.29, 0.717) is 0 Å². The zero-order chi connectivity index (χ0) is 9.10. The van der Waals surface area contributed by atoms with E-state index in [1.807, 2.05) is 25.2 Å². The number of benzene rings is 1. The number of para-hydroxylation sites is 1. The summed E-state index contributed by atoms with van der Waals surface area (Å²) in [6, 6.07) is 10.2. The van der Waals surface area contributed by atoms with Crippen LogP contribution in [0.2, 0.25) is 0 Å². The molecule has 1 N–H and O–H groups in total. The second-order valence-electron chi connectivity index (χ2n) is 3.03. The molecule has 0 saturated heterocycles. The normalized spacial score (nSPS) is 15.0. The standard InChI is InChI=1S/C10H13N3/c1-13(10-11-7-8-12-10)9-5-3-2-4-6-9/h2-6H,7-8H2,1H3,(H,11,12). The number of nitrogens with one attached hydrogen (secondary N) is 1. The Morgan fingerprint density at radius 3 is 2.69 bits per heavy atom. The predicted octanol–water partition coefficient (Wildman–Crippen LogP) is 1.08. The number of nitrogens with zero attached hydrogens (tertiary/aromatic N) is 2. The first-order valence-corrected chi connectivity index (χ1v) is 4.45. The van der Waals surface area contributed by atoms with Gasteiger partial charge in [0.15, 0.2) is 5.96 Å². The molecule has 0 spiro atoms. The van der Waals surface area contributed by atoms with Crippen LogP contribution in [0.4, 0.5) is 5.69 Å². The molecule has 3 heteroatoms. The van der Waals surface area contributed by atoms with Crippen LogP contribution in [0, 0.1) is 0 Å². The SMILES string of the molecule is CN(C1=NCCN1)c1ccccc1. The van der Waals surface area contributed by atoms with Crippen molar-refractivity contribution in [3.8, 4) is 0 Å². The molecule has 0 aliphatic carbocycles. The molecule has 0 saturated carbocycles. The first-order valence-electron chi connectivity index (χ1n) is 4.45. The van der Waals surface area contributed by atoms with Crippen molar-refractivity contribution in [2.75, 3.05) is 25.0 Å². The van der Waals surface area contributed by atoms with Gasteiger partial charge < -0.3 is 10.2 Å². The van der Waals surface area contributed by atoms with Crippen LogP contribution in [-0.2, 0) is 0 Å². The lowest BCUT2D eigenvalue weighted by molar-refractivity contribution is 0.951. The monoisotopic (exact) mass is 175 g/mol.